The van der Waals surface area contributed by atoms with Crippen molar-refractivity contribution in [2.45, 2.75) is 40.7 Å². The van der Waals surface area contributed by atoms with E-state index in [4.69, 9.17) is 15.2 Å². The first-order chi connectivity index (χ1) is 8.48. The SMILES string of the molecule is CCOc1cccc(CN)c1OCCC(C)(C)C. The van der Waals surface area contributed by atoms with E-state index >= 15 is 0 Å². The summed E-state index contributed by atoms with van der Waals surface area (Å²) in [4.78, 5) is 0. The molecule has 0 fully saturated rings. The van der Waals surface area contributed by atoms with Gasteiger partial charge in [0.15, 0.2) is 11.5 Å². The van der Waals surface area contributed by atoms with Gasteiger partial charge in [-0.3, -0.25) is 0 Å². The van der Waals surface area contributed by atoms with Crippen molar-refractivity contribution >= 4 is 0 Å². The molecule has 3 heteroatoms. The van der Waals surface area contributed by atoms with Crippen LogP contribution in [0.25, 0.3) is 0 Å². The molecule has 1 rings (SSSR count). The van der Waals surface area contributed by atoms with E-state index in [2.05, 4.69) is 20.8 Å². The standard InChI is InChI=1S/C15H25NO2/c1-5-17-13-8-6-7-12(11-16)14(13)18-10-9-15(2,3)4/h6-8H,5,9-11,16H2,1-4H3. The molecule has 0 aliphatic heterocycles. The van der Waals surface area contributed by atoms with Crippen LogP contribution in [0.5, 0.6) is 11.5 Å². The quantitative estimate of drug-likeness (QED) is 0.843. The first-order valence-corrected chi connectivity index (χ1v) is 6.55. The third kappa shape index (κ3) is 4.57. The number of hydrogen-bond donors (Lipinski definition) is 1. The Balaban J connectivity index is 2.77. The fourth-order valence-electron chi connectivity index (χ4n) is 1.61. The number of hydrogen-bond acceptors (Lipinski definition) is 3. The number of nitrogens with two attached hydrogens (primary N) is 1. The summed E-state index contributed by atoms with van der Waals surface area (Å²) in [6.07, 6.45) is 0.997. The maximum atomic E-state index is 5.88. The molecule has 1 aromatic carbocycles. The predicted molar refractivity (Wildman–Crippen MR) is 75.1 cm³/mol. The van der Waals surface area contributed by atoms with Gasteiger partial charge in [0.2, 0.25) is 0 Å². The Morgan fingerprint density at radius 2 is 1.89 bits per heavy atom. The molecule has 0 saturated carbocycles. The van der Waals surface area contributed by atoms with Crippen molar-refractivity contribution in [1.29, 1.82) is 0 Å². The van der Waals surface area contributed by atoms with E-state index < -0.39 is 0 Å². The summed E-state index contributed by atoms with van der Waals surface area (Å²) in [6.45, 7) is 10.3. The first-order valence-electron chi connectivity index (χ1n) is 6.55. The van der Waals surface area contributed by atoms with Crippen LogP contribution in [0, 0.1) is 5.41 Å². The molecule has 18 heavy (non-hydrogen) atoms. The number of para-hydroxylation sites is 1. The lowest BCUT2D eigenvalue weighted by atomic mass is 9.93. The van der Waals surface area contributed by atoms with Gasteiger partial charge < -0.3 is 15.2 Å². The average molecular weight is 251 g/mol. The highest BCUT2D eigenvalue weighted by atomic mass is 16.5. The topological polar surface area (TPSA) is 44.5 Å². The summed E-state index contributed by atoms with van der Waals surface area (Å²) in [5, 5.41) is 0. The highest BCUT2D eigenvalue weighted by Gasteiger charge is 2.13. The van der Waals surface area contributed by atoms with Crippen molar-refractivity contribution in [2.24, 2.45) is 11.1 Å². The minimum Gasteiger partial charge on any atom is -0.490 e. The molecule has 3 nitrogen and oxygen atoms in total. The van der Waals surface area contributed by atoms with Crippen LogP contribution in [-0.4, -0.2) is 13.2 Å². The van der Waals surface area contributed by atoms with Gasteiger partial charge in [-0.25, -0.2) is 0 Å². The maximum Gasteiger partial charge on any atom is 0.165 e. The van der Waals surface area contributed by atoms with Crippen LogP contribution in [-0.2, 0) is 6.54 Å². The van der Waals surface area contributed by atoms with Gasteiger partial charge >= 0.3 is 0 Å². The van der Waals surface area contributed by atoms with Crippen molar-refractivity contribution in [1.82, 2.24) is 0 Å². The molecule has 102 valence electrons. The van der Waals surface area contributed by atoms with Gasteiger partial charge in [-0.05, 0) is 24.8 Å². The van der Waals surface area contributed by atoms with Gasteiger partial charge in [-0.1, -0.05) is 32.9 Å². The molecular weight excluding hydrogens is 226 g/mol. The Kier molecular flexibility index (Phi) is 5.48. The van der Waals surface area contributed by atoms with Gasteiger partial charge in [0.05, 0.1) is 13.2 Å². The Morgan fingerprint density at radius 1 is 1.17 bits per heavy atom. The molecule has 0 atom stereocenters. The molecule has 0 aliphatic rings. The highest BCUT2D eigenvalue weighted by molar-refractivity contribution is 5.46. The molecule has 0 unspecified atom stereocenters. The average Bonchev–Trinajstić information content (AvgIpc) is 2.29. The molecule has 2 N–H and O–H groups in total. The Bertz CT molecular complexity index is 369. The van der Waals surface area contributed by atoms with Crippen LogP contribution < -0.4 is 15.2 Å². The third-order valence-electron chi connectivity index (χ3n) is 2.68. The van der Waals surface area contributed by atoms with Gasteiger partial charge in [-0.15, -0.1) is 0 Å². The van der Waals surface area contributed by atoms with Crippen LogP contribution in [0.3, 0.4) is 0 Å². The van der Waals surface area contributed by atoms with Gasteiger partial charge in [0.1, 0.15) is 0 Å². The van der Waals surface area contributed by atoms with Crippen molar-refractivity contribution in [3.8, 4) is 11.5 Å². The number of benzene rings is 1. The van der Waals surface area contributed by atoms with E-state index in [-0.39, 0.29) is 5.41 Å². The van der Waals surface area contributed by atoms with Gasteiger partial charge in [0, 0.05) is 12.1 Å². The summed E-state index contributed by atoms with van der Waals surface area (Å²) in [5.74, 6) is 1.58. The number of rotatable bonds is 6. The molecule has 0 saturated heterocycles. The molecule has 0 spiro atoms. The predicted octanol–water partition coefficient (Wildman–Crippen LogP) is 3.36. The summed E-state index contributed by atoms with van der Waals surface area (Å²) in [7, 11) is 0. The zero-order valence-corrected chi connectivity index (χ0v) is 12.0. The summed E-state index contributed by atoms with van der Waals surface area (Å²) in [5.41, 5.74) is 7.00. The summed E-state index contributed by atoms with van der Waals surface area (Å²) in [6, 6.07) is 5.85. The largest absolute Gasteiger partial charge is 0.490 e. The van der Waals surface area contributed by atoms with E-state index in [1.54, 1.807) is 0 Å². The lowest BCUT2D eigenvalue weighted by molar-refractivity contribution is 0.227. The minimum atomic E-state index is 0.267. The third-order valence-corrected chi connectivity index (χ3v) is 2.68. The number of ether oxygens (including phenoxy) is 2. The Hall–Kier alpha value is -1.22. The molecule has 0 radical (unpaired) electrons. The zero-order chi connectivity index (χ0) is 13.6. The fraction of sp³-hybridized carbons (Fsp3) is 0.600. The van der Waals surface area contributed by atoms with E-state index in [9.17, 15) is 0 Å². The normalized spacial score (nSPS) is 11.4. The lowest BCUT2D eigenvalue weighted by Gasteiger charge is -2.20. The molecular formula is C15H25NO2. The Labute approximate surface area is 110 Å². The molecule has 0 aliphatic carbocycles. The van der Waals surface area contributed by atoms with E-state index in [0.717, 1.165) is 23.5 Å². The monoisotopic (exact) mass is 251 g/mol. The van der Waals surface area contributed by atoms with E-state index in [1.807, 2.05) is 25.1 Å². The second kappa shape index (κ2) is 6.64. The van der Waals surface area contributed by atoms with Crippen molar-refractivity contribution < 1.29 is 9.47 Å². The summed E-state index contributed by atoms with van der Waals surface area (Å²) < 4.78 is 11.5. The Morgan fingerprint density at radius 3 is 2.44 bits per heavy atom. The van der Waals surface area contributed by atoms with Gasteiger partial charge in [0.25, 0.3) is 0 Å². The van der Waals surface area contributed by atoms with E-state index in [1.165, 1.54) is 0 Å². The van der Waals surface area contributed by atoms with Crippen LogP contribution in [0.4, 0.5) is 0 Å². The van der Waals surface area contributed by atoms with Crippen molar-refractivity contribution in [3.05, 3.63) is 23.8 Å². The lowest BCUT2D eigenvalue weighted by Crippen LogP contribution is -2.13. The molecule has 1 aromatic rings. The first kappa shape index (κ1) is 14.8. The van der Waals surface area contributed by atoms with Crippen molar-refractivity contribution in [3.63, 3.8) is 0 Å². The smallest absolute Gasteiger partial charge is 0.165 e. The fourth-order valence-corrected chi connectivity index (χ4v) is 1.61. The van der Waals surface area contributed by atoms with Crippen LogP contribution in [0.1, 0.15) is 39.7 Å². The zero-order valence-electron chi connectivity index (χ0n) is 12.0. The molecule has 0 bridgehead atoms. The second-order valence-corrected chi connectivity index (χ2v) is 5.54. The summed E-state index contributed by atoms with van der Waals surface area (Å²) >= 11 is 0. The minimum absolute atomic E-state index is 0.267. The van der Waals surface area contributed by atoms with Crippen LogP contribution in [0.15, 0.2) is 18.2 Å². The van der Waals surface area contributed by atoms with Crippen molar-refractivity contribution in [2.75, 3.05) is 13.2 Å². The van der Waals surface area contributed by atoms with E-state index in [0.29, 0.717) is 19.8 Å². The highest BCUT2D eigenvalue weighted by Crippen LogP contribution is 2.32. The molecule has 0 amide bonds. The van der Waals surface area contributed by atoms with Gasteiger partial charge in [-0.2, -0.15) is 0 Å². The van der Waals surface area contributed by atoms with Crippen LogP contribution >= 0.6 is 0 Å². The van der Waals surface area contributed by atoms with Crippen LogP contribution in [0.2, 0.25) is 0 Å². The molecule has 0 heterocycles. The second-order valence-electron chi connectivity index (χ2n) is 5.54. The molecule has 0 aromatic heterocycles. The maximum absolute atomic E-state index is 5.88.